The third kappa shape index (κ3) is 8.79. The molecule has 2 aliphatic heterocycles. The Bertz CT molecular complexity index is 2840. The fourth-order valence-corrected chi connectivity index (χ4v) is 9.91. The monoisotopic (exact) mass is 864 g/mol. The summed E-state index contributed by atoms with van der Waals surface area (Å²) in [6.45, 7) is 10.4. The van der Waals surface area contributed by atoms with Crippen molar-refractivity contribution in [1.29, 1.82) is 0 Å². The standard InChI is InChI=1S/C43H48N2O11S3/c1-28(57(48,49)50)23-25-45-36-22-16-30-27-32(59(54,55)56)18-20-34(30)41(36)43(4,5)38(45)13-9-6-8-12-37-42(2,3)40-33-19-17-31(58(51,52)53)26-29(33)15-21-35(40)44(37)24-11-7-10-14-39(46)47/h6,8-9,12-13,15-22,26-28H,7,10-11,14,23-25H2,1-5H3,(H3-,46,47,48,49,50,51,52,53,54,55,56). The predicted molar refractivity (Wildman–Crippen MR) is 227 cm³/mol. The molecular formula is C43H48N2O11S3. The van der Waals surface area contributed by atoms with Crippen molar-refractivity contribution in [3.8, 4) is 0 Å². The number of nitrogens with zero attached hydrogens (tertiary/aromatic N) is 2. The molecule has 16 heteroatoms. The molecule has 1 unspecified atom stereocenters. The van der Waals surface area contributed by atoms with Gasteiger partial charge < -0.3 is 14.6 Å². The number of aliphatic carboxylic acids is 1. The van der Waals surface area contributed by atoms with Gasteiger partial charge in [0.1, 0.15) is 6.54 Å². The van der Waals surface area contributed by atoms with Crippen LogP contribution < -0.4 is 4.90 Å². The number of anilines is 1. The topological polar surface area (TPSA) is 209 Å². The van der Waals surface area contributed by atoms with Crippen LogP contribution in [-0.2, 0) is 46.0 Å². The third-order valence-corrected chi connectivity index (χ3v) is 14.4. The summed E-state index contributed by atoms with van der Waals surface area (Å²) in [4.78, 5) is 12.7. The molecule has 0 aliphatic carbocycles. The Kier molecular flexibility index (Phi) is 11.9. The van der Waals surface area contributed by atoms with Crippen LogP contribution in [0.15, 0.2) is 107 Å². The molecular weight excluding hydrogens is 817 g/mol. The van der Waals surface area contributed by atoms with Gasteiger partial charge in [-0.25, -0.2) is 8.42 Å². The fourth-order valence-electron chi connectivity index (χ4n) is 8.48. The molecule has 4 aromatic rings. The number of allylic oxidation sites excluding steroid dienone is 6. The lowest BCUT2D eigenvalue weighted by atomic mass is 9.79. The fraction of sp³-hybridized carbons (Fsp3) is 0.349. The van der Waals surface area contributed by atoms with Crippen LogP contribution in [0.25, 0.3) is 21.5 Å². The molecule has 3 N–H and O–H groups in total. The minimum Gasteiger partial charge on any atom is -0.748 e. The van der Waals surface area contributed by atoms with Crippen molar-refractivity contribution >= 4 is 75.0 Å². The van der Waals surface area contributed by atoms with Gasteiger partial charge in [0.15, 0.2) is 5.71 Å². The summed E-state index contributed by atoms with van der Waals surface area (Å²) in [7, 11) is -13.4. The zero-order chi connectivity index (χ0) is 43.3. The van der Waals surface area contributed by atoms with E-state index in [1.807, 2.05) is 67.3 Å². The average molecular weight is 865 g/mol. The van der Waals surface area contributed by atoms with Crippen molar-refractivity contribution in [2.75, 3.05) is 18.0 Å². The lowest BCUT2D eigenvalue weighted by molar-refractivity contribution is -0.438. The Morgan fingerprint density at radius 3 is 1.95 bits per heavy atom. The summed E-state index contributed by atoms with van der Waals surface area (Å²) in [5.41, 5.74) is 4.15. The second kappa shape index (κ2) is 16.0. The lowest BCUT2D eigenvalue weighted by Crippen LogP contribution is -2.30. The van der Waals surface area contributed by atoms with Crippen molar-refractivity contribution in [2.24, 2.45) is 0 Å². The Morgan fingerprint density at radius 1 is 0.780 bits per heavy atom. The van der Waals surface area contributed by atoms with E-state index in [-0.39, 0.29) is 29.2 Å². The van der Waals surface area contributed by atoms with Crippen LogP contribution in [-0.4, -0.2) is 78.6 Å². The summed E-state index contributed by atoms with van der Waals surface area (Å²) < 4.78 is 105. The molecule has 0 spiro atoms. The highest BCUT2D eigenvalue weighted by atomic mass is 32.2. The molecule has 4 aromatic carbocycles. The summed E-state index contributed by atoms with van der Waals surface area (Å²) in [5.74, 6) is -0.842. The first-order valence-corrected chi connectivity index (χ1v) is 23.5. The molecule has 0 saturated carbocycles. The van der Waals surface area contributed by atoms with E-state index in [1.165, 1.54) is 31.2 Å². The van der Waals surface area contributed by atoms with Crippen LogP contribution in [0.2, 0.25) is 0 Å². The van der Waals surface area contributed by atoms with Crippen LogP contribution in [0.3, 0.4) is 0 Å². The number of unbranched alkanes of at least 4 members (excludes halogenated alkanes) is 2. The minimum atomic E-state index is -4.53. The maximum absolute atomic E-state index is 11.9. The first-order valence-electron chi connectivity index (χ1n) is 19.2. The largest absolute Gasteiger partial charge is 0.748 e. The van der Waals surface area contributed by atoms with Gasteiger partial charge >= 0.3 is 5.97 Å². The first kappa shape index (κ1) is 43.9. The number of carboxylic acid groups (broad SMARTS) is 1. The van der Waals surface area contributed by atoms with E-state index in [0.717, 1.165) is 51.1 Å². The molecule has 59 heavy (non-hydrogen) atoms. The zero-order valence-corrected chi connectivity index (χ0v) is 35.9. The van der Waals surface area contributed by atoms with E-state index in [9.17, 15) is 43.7 Å². The van der Waals surface area contributed by atoms with Gasteiger partial charge in [-0.05, 0) is 110 Å². The normalized spacial score (nSPS) is 17.8. The number of rotatable bonds is 15. The van der Waals surface area contributed by atoms with Gasteiger partial charge in [0, 0.05) is 59.1 Å². The maximum atomic E-state index is 11.9. The van der Waals surface area contributed by atoms with E-state index in [0.29, 0.717) is 30.2 Å². The highest BCUT2D eigenvalue weighted by molar-refractivity contribution is 7.86. The van der Waals surface area contributed by atoms with E-state index in [1.54, 1.807) is 18.2 Å². The van der Waals surface area contributed by atoms with E-state index in [2.05, 4.69) is 18.4 Å². The number of hydrogen-bond acceptors (Lipinski definition) is 9. The van der Waals surface area contributed by atoms with Crippen molar-refractivity contribution in [3.05, 3.63) is 108 Å². The van der Waals surface area contributed by atoms with Crippen molar-refractivity contribution in [1.82, 2.24) is 0 Å². The Labute approximate surface area is 345 Å². The molecule has 0 fully saturated rings. The van der Waals surface area contributed by atoms with E-state index < -0.39 is 52.4 Å². The molecule has 0 aromatic heterocycles. The number of carboxylic acids is 1. The molecule has 314 valence electrons. The number of benzene rings is 4. The third-order valence-electron chi connectivity index (χ3n) is 11.5. The first-order chi connectivity index (χ1) is 27.4. The molecule has 2 heterocycles. The smallest absolute Gasteiger partial charge is 0.303 e. The number of hydrogen-bond donors (Lipinski definition) is 3. The van der Waals surface area contributed by atoms with E-state index >= 15 is 0 Å². The van der Waals surface area contributed by atoms with Crippen molar-refractivity contribution < 1.29 is 53.4 Å². The van der Waals surface area contributed by atoms with E-state index in [4.69, 9.17) is 5.11 Å². The van der Waals surface area contributed by atoms with Crippen LogP contribution in [0.5, 0.6) is 0 Å². The summed E-state index contributed by atoms with van der Waals surface area (Å²) in [6.07, 6.45) is 11.7. The van der Waals surface area contributed by atoms with Gasteiger partial charge in [0.2, 0.25) is 5.69 Å². The average Bonchev–Trinajstić information content (AvgIpc) is 3.49. The second-order valence-corrected chi connectivity index (χ2v) is 20.8. The van der Waals surface area contributed by atoms with Crippen molar-refractivity contribution in [2.45, 2.75) is 92.6 Å². The second-order valence-electron chi connectivity index (χ2n) is 16.2. The maximum Gasteiger partial charge on any atom is 0.303 e. The van der Waals surface area contributed by atoms with Crippen LogP contribution in [0.4, 0.5) is 11.4 Å². The van der Waals surface area contributed by atoms with Crippen LogP contribution in [0.1, 0.15) is 77.8 Å². The van der Waals surface area contributed by atoms with Gasteiger partial charge in [-0.15, -0.1) is 0 Å². The number of carbonyl (C=O) groups is 1. The van der Waals surface area contributed by atoms with Gasteiger partial charge in [-0.2, -0.15) is 21.4 Å². The molecule has 2 aliphatic rings. The predicted octanol–water partition coefficient (Wildman–Crippen LogP) is 7.63. The summed E-state index contributed by atoms with van der Waals surface area (Å²) >= 11 is 0. The van der Waals surface area contributed by atoms with Gasteiger partial charge in [-0.3, -0.25) is 13.9 Å². The highest BCUT2D eigenvalue weighted by Gasteiger charge is 2.45. The van der Waals surface area contributed by atoms with Gasteiger partial charge in [0.25, 0.3) is 20.2 Å². The van der Waals surface area contributed by atoms with Crippen LogP contribution in [0, 0.1) is 0 Å². The highest BCUT2D eigenvalue weighted by Crippen LogP contribution is 2.51. The van der Waals surface area contributed by atoms with Crippen molar-refractivity contribution in [3.63, 3.8) is 0 Å². The molecule has 13 nitrogen and oxygen atoms in total. The molecule has 0 radical (unpaired) electrons. The summed E-state index contributed by atoms with van der Waals surface area (Å²) in [5, 5.41) is 10.8. The van der Waals surface area contributed by atoms with Crippen LogP contribution >= 0.6 is 0 Å². The molecule has 0 bridgehead atoms. The van der Waals surface area contributed by atoms with Gasteiger partial charge in [0.05, 0.1) is 25.3 Å². The molecule has 0 saturated heterocycles. The molecule has 1 atom stereocenters. The number of fused-ring (bicyclic) bond motifs is 6. The molecule has 0 amide bonds. The zero-order valence-electron chi connectivity index (χ0n) is 33.4. The SMILES string of the molecule is CC(CCN1/C(=C/C=C/C=C/C2=[N+](CCCCCC(=O)O)c3ccc4cc(S(=O)(=O)O)ccc4c3C2(C)C)C(C)(C)c2c1ccc1cc(S(=O)(=O)O)ccc21)S(=O)(=O)[O-]. The Balaban J connectivity index is 1.38. The minimum absolute atomic E-state index is 0.0634. The quantitative estimate of drug-likeness (QED) is 0.0456. The van der Waals surface area contributed by atoms with Gasteiger partial charge in [-0.1, -0.05) is 50.3 Å². The summed E-state index contributed by atoms with van der Waals surface area (Å²) in [6, 6.07) is 16.3. The molecule has 6 rings (SSSR count). The Morgan fingerprint density at radius 2 is 1.37 bits per heavy atom. The lowest BCUT2D eigenvalue weighted by Gasteiger charge is -2.28. The Hall–Kier alpha value is -4.71.